The molecule has 1 aromatic carbocycles. The van der Waals surface area contributed by atoms with Crippen LogP contribution in [0.25, 0.3) is 0 Å². The summed E-state index contributed by atoms with van der Waals surface area (Å²) >= 11 is 0. The molecule has 1 aromatic rings. The smallest absolute Gasteiger partial charge is 0.282 e. The van der Waals surface area contributed by atoms with Gasteiger partial charge >= 0.3 is 0 Å². The molecule has 0 radical (unpaired) electrons. The summed E-state index contributed by atoms with van der Waals surface area (Å²) in [5, 5.41) is 2.63. The monoisotopic (exact) mass is 422 g/mol. The summed E-state index contributed by atoms with van der Waals surface area (Å²) in [4.78, 5) is 26.1. The molecule has 1 aliphatic carbocycles. The lowest BCUT2D eigenvalue weighted by Gasteiger charge is -2.38. The Morgan fingerprint density at radius 2 is 1.66 bits per heavy atom. The fourth-order valence-electron chi connectivity index (χ4n) is 3.94. The summed E-state index contributed by atoms with van der Waals surface area (Å²) in [7, 11) is -1.84. The van der Waals surface area contributed by atoms with Crippen molar-refractivity contribution in [2.45, 2.75) is 38.1 Å². The van der Waals surface area contributed by atoms with Crippen molar-refractivity contribution < 1.29 is 18.0 Å². The second-order valence-electron chi connectivity index (χ2n) is 7.64. The maximum atomic E-state index is 12.9. The SMILES string of the molecule is CN(C1CCCCC1)S(=O)(=O)N1CCN(C(=O)CNC(=O)c2ccccc2)CC1. The Balaban J connectivity index is 1.48. The van der Waals surface area contributed by atoms with E-state index in [1.807, 2.05) is 6.07 Å². The Morgan fingerprint density at radius 1 is 1.03 bits per heavy atom. The van der Waals surface area contributed by atoms with Gasteiger partial charge in [-0.1, -0.05) is 37.5 Å². The number of hydrogen-bond acceptors (Lipinski definition) is 4. The van der Waals surface area contributed by atoms with Gasteiger partial charge in [-0.05, 0) is 25.0 Å². The van der Waals surface area contributed by atoms with Gasteiger partial charge in [0, 0.05) is 44.8 Å². The Labute approximate surface area is 173 Å². The molecule has 1 N–H and O–H groups in total. The van der Waals surface area contributed by atoms with Gasteiger partial charge in [0.15, 0.2) is 0 Å². The van der Waals surface area contributed by atoms with Crippen molar-refractivity contribution in [1.82, 2.24) is 18.8 Å². The van der Waals surface area contributed by atoms with Crippen LogP contribution >= 0.6 is 0 Å². The zero-order chi connectivity index (χ0) is 20.9. The minimum Gasteiger partial charge on any atom is -0.343 e. The lowest BCUT2D eigenvalue weighted by Crippen LogP contribution is -2.56. The van der Waals surface area contributed by atoms with Crippen LogP contribution in [0.4, 0.5) is 0 Å². The first-order valence-corrected chi connectivity index (χ1v) is 11.6. The van der Waals surface area contributed by atoms with Gasteiger partial charge in [-0.3, -0.25) is 9.59 Å². The van der Waals surface area contributed by atoms with Gasteiger partial charge in [-0.2, -0.15) is 17.0 Å². The minimum atomic E-state index is -3.51. The van der Waals surface area contributed by atoms with Gasteiger partial charge in [0.05, 0.1) is 6.54 Å². The van der Waals surface area contributed by atoms with E-state index in [2.05, 4.69) is 5.32 Å². The maximum Gasteiger partial charge on any atom is 0.282 e. The normalized spacial score (nSPS) is 19.3. The standard InChI is InChI=1S/C20H30N4O4S/c1-22(18-10-6-3-7-11-18)29(27,28)24-14-12-23(13-15-24)19(25)16-21-20(26)17-8-4-2-5-9-17/h2,4-5,8-9,18H,3,6-7,10-16H2,1H3,(H,21,26). The Hall–Kier alpha value is -1.97. The zero-order valence-corrected chi connectivity index (χ0v) is 17.7. The van der Waals surface area contributed by atoms with E-state index in [4.69, 9.17) is 0 Å². The molecule has 0 atom stereocenters. The topological polar surface area (TPSA) is 90.0 Å². The lowest BCUT2D eigenvalue weighted by atomic mass is 9.96. The molecule has 1 saturated carbocycles. The van der Waals surface area contributed by atoms with Crippen LogP contribution in [0.15, 0.2) is 30.3 Å². The van der Waals surface area contributed by atoms with Crippen molar-refractivity contribution >= 4 is 22.0 Å². The van der Waals surface area contributed by atoms with Gasteiger partial charge in [0.25, 0.3) is 16.1 Å². The number of piperazine rings is 1. The van der Waals surface area contributed by atoms with Gasteiger partial charge in [0.1, 0.15) is 0 Å². The van der Waals surface area contributed by atoms with Gasteiger partial charge in [-0.15, -0.1) is 0 Å². The van der Waals surface area contributed by atoms with Crippen LogP contribution in [0.1, 0.15) is 42.5 Å². The minimum absolute atomic E-state index is 0.0709. The highest BCUT2D eigenvalue weighted by atomic mass is 32.2. The fourth-order valence-corrected chi connectivity index (χ4v) is 5.52. The van der Waals surface area contributed by atoms with E-state index in [1.54, 1.807) is 36.2 Å². The number of rotatable bonds is 6. The first-order valence-electron chi connectivity index (χ1n) is 10.2. The van der Waals surface area contributed by atoms with E-state index in [0.29, 0.717) is 18.7 Å². The summed E-state index contributed by atoms with van der Waals surface area (Å²) in [5.41, 5.74) is 0.502. The lowest BCUT2D eigenvalue weighted by molar-refractivity contribution is -0.131. The maximum absolute atomic E-state index is 12.9. The van der Waals surface area contributed by atoms with Crippen molar-refractivity contribution in [1.29, 1.82) is 0 Å². The van der Waals surface area contributed by atoms with E-state index in [9.17, 15) is 18.0 Å². The summed E-state index contributed by atoms with van der Waals surface area (Å²) in [6.45, 7) is 1.12. The van der Waals surface area contributed by atoms with E-state index in [-0.39, 0.29) is 37.5 Å². The molecule has 29 heavy (non-hydrogen) atoms. The predicted molar refractivity (Wildman–Crippen MR) is 110 cm³/mol. The Kier molecular flexibility index (Phi) is 7.26. The molecular weight excluding hydrogens is 392 g/mol. The molecule has 0 spiro atoms. The Morgan fingerprint density at radius 3 is 2.28 bits per heavy atom. The van der Waals surface area contributed by atoms with Crippen molar-refractivity contribution in [2.75, 3.05) is 39.8 Å². The number of carbonyl (C=O) groups is 2. The molecule has 0 unspecified atom stereocenters. The molecule has 8 nitrogen and oxygen atoms in total. The number of hydrogen-bond donors (Lipinski definition) is 1. The highest BCUT2D eigenvalue weighted by Gasteiger charge is 2.35. The number of carbonyl (C=O) groups excluding carboxylic acids is 2. The average Bonchev–Trinajstić information content (AvgIpc) is 2.78. The quantitative estimate of drug-likeness (QED) is 0.743. The van der Waals surface area contributed by atoms with Crippen LogP contribution in [0.3, 0.4) is 0 Å². The molecular formula is C20H30N4O4S. The summed E-state index contributed by atoms with van der Waals surface area (Å²) < 4.78 is 28.8. The highest BCUT2D eigenvalue weighted by molar-refractivity contribution is 7.86. The van der Waals surface area contributed by atoms with Crippen LogP contribution in [-0.2, 0) is 15.0 Å². The summed E-state index contributed by atoms with van der Waals surface area (Å²) in [5.74, 6) is -0.499. The molecule has 1 heterocycles. The van der Waals surface area contributed by atoms with Crippen LogP contribution in [0.2, 0.25) is 0 Å². The first kappa shape index (κ1) is 21.7. The second-order valence-corrected chi connectivity index (χ2v) is 9.63. The van der Waals surface area contributed by atoms with Crippen LogP contribution in [-0.4, -0.2) is 79.6 Å². The van der Waals surface area contributed by atoms with E-state index < -0.39 is 10.2 Å². The third-order valence-electron chi connectivity index (χ3n) is 5.81. The molecule has 0 aromatic heterocycles. The van der Waals surface area contributed by atoms with Crippen LogP contribution in [0.5, 0.6) is 0 Å². The number of amides is 2. The largest absolute Gasteiger partial charge is 0.343 e. The number of nitrogens with zero attached hydrogens (tertiary/aromatic N) is 3. The molecule has 2 aliphatic rings. The molecule has 2 amide bonds. The van der Waals surface area contributed by atoms with E-state index in [0.717, 1.165) is 25.7 Å². The van der Waals surface area contributed by atoms with Gasteiger partial charge < -0.3 is 10.2 Å². The number of nitrogens with one attached hydrogen (secondary N) is 1. The highest BCUT2D eigenvalue weighted by Crippen LogP contribution is 2.25. The molecule has 9 heteroatoms. The van der Waals surface area contributed by atoms with Crippen molar-refractivity contribution in [3.8, 4) is 0 Å². The van der Waals surface area contributed by atoms with Crippen molar-refractivity contribution in [3.05, 3.63) is 35.9 Å². The van der Waals surface area contributed by atoms with E-state index in [1.165, 1.54) is 15.0 Å². The predicted octanol–water partition coefficient (Wildman–Crippen LogP) is 1.07. The van der Waals surface area contributed by atoms with Crippen LogP contribution in [0, 0.1) is 0 Å². The third-order valence-corrected chi connectivity index (χ3v) is 7.85. The molecule has 1 aliphatic heterocycles. The molecule has 0 bridgehead atoms. The van der Waals surface area contributed by atoms with Gasteiger partial charge in [-0.25, -0.2) is 0 Å². The zero-order valence-electron chi connectivity index (χ0n) is 16.9. The summed E-state index contributed by atoms with van der Waals surface area (Å²) in [6, 6.07) is 8.79. The molecule has 160 valence electrons. The first-order chi connectivity index (χ1) is 13.9. The van der Waals surface area contributed by atoms with Crippen LogP contribution < -0.4 is 5.32 Å². The number of benzene rings is 1. The van der Waals surface area contributed by atoms with Crippen molar-refractivity contribution in [3.63, 3.8) is 0 Å². The molecule has 3 rings (SSSR count). The fraction of sp³-hybridized carbons (Fsp3) is 0.600. The van der Waals surface area contributed by atoms with Gasteiger partial charge in [0.2, 0.25) is 5.91 Å². The molecule has 1 saturated heterocycles. The second kappa shape index (κ2) is 9.69. The Bertz CT molecular complexity index is 801. The van der Waals surface area contributed by atoms with E-state index >= 15 is 0 Å². The molecule has 2 fully saturated rings. The third kappa shape index (κ3) is 5.34. The van der Waals surface area contributed by atoms with Crippen molar-refractivity contribution in [2.24, 2.45) is 0 Å². The summed E-state index contributed by atoms with van der Waals surface area (Å²) in [6.07, 6.45) is 5.14. The average molecular weight is 423 g/mol.